The highest BCUT2D eigenvalue weighted by Crippen LogP contribution is 2.14. The second-order valence-corrected chi connectivity index (χ2v) is 6.94. The van der Waals surface area contributed by atoms with E-state index in [1.54, 1.807) is 0 Å². The summed E-state index contributed by atoms with van der Waals surface area (Å²) in [5.74, 6) is 2.27. The summed E-state index contributed by atoms with van der Waals surface area (Å²) in [6, 6.07) is 0.886. The molecule has 19 heavy (non-hydrogen) atoms. The minimum absolute atomic E-state index is 0.112. The molecule has 0 aliphatic carbocycles. The molecule has 0 aromatic heterocycles. The molecule has 0 bridgehead atoms. The van der Waals surface area contributed by atoms with Crippen LogP contribution in [-0.2, 0) is 0 Å². The Bertz CT molecular complexity index is 273. The van der Waals surface area contributed by atoms with Crippen LogP contribution in [0.25, 0.3) is 0 Å². The molecule has 0 spiro atoms. The normalized spacial score (nSPS) is 21.5. The topological polar surface area (TPSA) is 35.6 Å². The predicted molar refractivity (Wildman–Crippen MR) is 83.9 cm³/mol. The molecule has 1 aliphatic heterocycles. The zero-order valence-corrected chi connectivity index (χ0v) is 13.6. The van der Waals surface area contributed by atoms with Crippen LogP contribution in [0.1, 0.15) is 33.1 Å². The van der Waals surface area contributed by atoms with Crippen molar-refractivity contribution in [3.05, 3.63) is 0 Å². The minimum Gasteiger partial charge on any atom is -0.336 e. The summed E-state index contributed by atoms with van der Waals surface area (Å²) in [7, 11) is 4.19. The number of carbonyl (C=O) groups excluding carboxylic acids is 1. The smallest absolute Gasteiger partial charge is 0.317 e. The first kappa shape index (κ1) is 16.6. The van der Waals surface area contributed by atoms with E-state index >= 15 is 0 Å². The van der Waals surface area contributed by atoms with Gasteiger partial charge >= 0.3 is 6.03 Å². The fourth-order valence-electron chi connectivity index (χ4n) is 2.34. The van der Waals surface area contributed by atoms with E-state index in [4.69, 9.17) is 0 Å². The lowest BCUT2D eigenvalue weighted by Gasteiger charge is -2.36. The Morgan fingerprint density at radius 3 is 2.89 bits per heavy atom. The van der Waals surface area contributed by atoms with Crippen LogP contribution in [0, 0.1) is 0 Å². The molecular formula is C14H29N3OS. The van der Waals surface area contributed by atoms with Crippen LogP contribution in [0.3, 0.4) is 0 Å². The second kappa shape index (κ2) is 8.69. The molecule has 0 saturated carbocycles. The summed E-state index contributed by atoms with van der Waals surface area (Å²) in [6.07, 6.45) is 3.35. The number of likely N-dealkylation sites (tertiary alicyclic amines) is 1. The van der Waals surface area contributed by atoms with Gasteiger partial charge in [-0.15, -0.1) is 0 Å². The maximum atomic E-state index is 12.2. The maximum Gasteiger partial charge on any atom is 0.317 e. The summed E-state index contributed by atoms with van der Waals surface area (Å²) in [4.78, 5) is 16.4. The number of nitrogens with zero attached hydrogens (tertiary/aromatic N) is 2. The molecule has 0 aromatic rings. The van der Waals surface area contributed by atoms with Crippen LogP contribution in [0.5, 0.6) is 0 Å². The number of nitrogens with one attached hydrogen (secondary N) is 1. The summed E-state index contributed by atoms with van der Waals surface area (Å²) in [5, 5.41) is 3.12. The molecule has 2 atom stereocenters. The van der Waals surface area contributed by atoms with Crippen molar-refractivity contribution < 1.29 is 4.79 Å². The van der Waals surface area contributed by atoms with Gasteiger partial charge in [-0.25, -0.2) is 4.79 Å². The van der Waals surface area contributed by atoms with Crippen molar-refractivity contribution in [1.29, 1.82) is 0 Å². The van der Waals surface area contributed by atoms with Gasteiger partial charge in [-0.2, -0.15) is 11.8 Å². The number of piperidine rings is 1. The zero-order valence-electron chi connectivity index (χ0n) is 12.8. The highest BCUT2D eigenvalue weighted by Gasteiger charge is 2.25. The maximum absolute atomic E-state index is 12.2. The van der Waals surface area contributed by atoms with E-state index in [9.17, 15) is 4.79 Å². The van der Waals surface area contributed by atoms with Gasteiger partial charge in [0.25, 0.3) is 0 Å². The molecule has 1 heterocycles. The van der Waals surface area contributed by atoms with Crippen LogP contribution in [0.4, 0.5) is 4.79 Å². The van der Waals surface area contributed by atoms with Gasteiger partial charge in [0.15, 0.2) is 0 Å². The Morgan fingerprint density at radius 2 is 2.26 bits per heavy atom. The molecule has 2 amide bonds. The van der Waals surface area contributed by atoms with Gasteiger partial charge in [-0.3, -0.25) is 0 Å². The third-order valence-electron chi connectivity index (χ3n) is 3.68. The van der Waals surface area contributed by atoms with Gasteiger partial charge in [0.05, 0.1) is 0 Å². The average molecular weight is 287 g/mol. The summed E-state index contributed by atoms with van der Waals surface area (Å²) in [6.45, 7) is 6.02. The molecule has 5 heteroatoms. The highest BCUT2D eigenvalue weighted by atomic mass is 32.2. The quantitative estimate of drug-likeness (QED) is 0.761. The Hall–Kier alpha value is -0.420. The van der Waals surface area contributed by atoms with Crippen LogP contribution in [0.2, 0.25) is 0 Å². The van der Waals surface area contributed by atoms with Gasteiger partial charge in [0.1, 0.15) is 0 Å². The lowest BCUT2D eigenvalue weighted by molar-refractivity contribution is 0.138. The van der Waals surface area contributed by atoms with Gasteiger partial charge in [0, 0.05) is 25.2 Å². The minimum atomic E-state index is 0.112. The molecule has 0 radical (unpaired) electrons. The van der Waals surface area contributed by atoms with Crippen molar-refractivity contribution in [2.24, 2.45) is 0 Å². The highest BCUT2D eigenvalue weighted by molar-refractivity contribution is 7.99. The van der Waals surface area contributed by atoms with E-state index in [1.807, 2.05) is 16.7 Å². The molecule has 4 nitrogen and oxygen atoms in total. The first-order valence-corrected chi connectivity index (χ1v) is 8.49. The van der Waals surface area contributed by atoms with Crippen molar-refractivity contribution in [1.82, 2.24) is 15.1 Å². The first-order chi connectivity index (χ1) is 9.04. The number of urea groups is 1. The Kier molecular flexibility index (Phi) is 7.61. The molecule has 112 valence electrons. The van der Waals surface area contributed by atoms with Gasteiger partial charge in [0.2, 0.25) is 0 Å². The summed E-state index contributed by atoms with van der Waals surface area (Å²) < 4.78 is 0. The number of rotatable bonds is 6. The van der Waals surface area contributed by atoms with E-state index < -0.39 is 0 Å². The number of carbonyl (C=O) groups is 1. The molecule has 1 rings (SSSR count). The summed E-state index contributed by atoms with van der Waals surface area (Å²) >= 11 is 1.93. The van der Waals surface area contributed by atoms with Gasteiger partial charge in [-0.05, 0) is 51.8 Å². The number of amides is 2. The van der Waals surface area contributed by atoms with Gasteiger partial charge < -0.3 is 15.1 Å². The lowest BCUT2D eigenvalue weighted by atomic mass is 10.1. The van der Waals surface area contributed by atoms with Crippen molar-refractivity contribution in [2.75, 3.05) is 38.7 Å². The van der Waals surface area contributed by atoms with Crippen LogP contribution >= 0.6 is 11.8 Å². The Morgan fingerprint density at radius 1 is 1.53 bits per heavy atom. The number of thioether (sulfide) groups is 1. The fraction of sp³-hybridized carbons (Fsp3) is 0.929. The van der Waals surface area contributed by atoms with Crippen molar-refractivity contribution in [3.8, 4) is 0 Å². The van der Waals surface area contributed by atoms with E-state index in [-0.39, 0.29) is 12.1 Å². The van der Waals surface area contributed by atoms with Crippen molar-refractivity contribution >= 4 is 17.8 Å². The molecule has 1 N–H and O–H groups in total. The van der Waals surface area contributed by atoms with E-state index in [1.165, 1.54) is 6.42 Å². The van der Waals surface area contributed by atoms with Gasteiger partial charge in [-0.1, -0.05) is 6.92 Å². The van der Waals surface area contributed by atoms with Crippen LogP contribution < -0.4 is 5.32 Å². The van der Waals surface area contributed by atoms with Crippen LogP contribution in [-0.4, -0.2) is 66.6 Å². The third-order valence-corrected chi connectivity index (χ3v) is 4.62. The van der Waals surface area contributed by atoms with Crippen molar-refractivity contribution in [3.63, 3.8) is 0 Å². The summed E-state index contributed by atoms with van der Waals surface area (Å²) in [5.41, 5.74) is 0. The zero-order chi connectivity index (χ0) is 14.3. The predicted octanol–water partition coefficient (Wildman–Crippen LogP) is 2.25. The number of hydrogen-bond acceptors (Lipinski definition) is 3. The molecular weight excluding hydrogens is 258 g/mol. The Balaban J connectivity index is 2.31. The SMILES string of the molecule is CCSCCC(C)NC(=O)N1CCCC(N(C)C)C1. The standard InChI is InChI=1S/C14H29N3OS/c1-5-19-10-8-12(2)15-14(18)17-9-6-7-13(11-17)16(3)4/h12-13H,5-11H2,1-4H3,(H,15,18). The fourth-order valence-corrected chi connectivity index (χ4v) is 3.15. The number of hydrogen-bond donors (Lipinski definition) is 1. The lowest BCUT2D eigenvalue weighted by Crippen LogP contribution is -2.52. The third kappa shape index (κ3) is 6.04. The molecule has 0 aromatic carbocycles. The molecule has 1 aliphatic rings. The van der Waals surface area contributed by atoms with Crippen molar-refractivity contribution in [2.45, 2.75) is 45.2 Å². The van der Waals surface area contributed by atoms with E-state index in [0.717, 1.165) is 37.4 Å². The Labute approximate surface area is 122 Å². The van der Waals surface area contributed by atoms with Crippen LogP contribution in [0.15, 0.2) is 0 Å². The first-order valence-electron chi connectivity index (χ1n) is 7.34. The average Bonchev–Trinajstić information content (AvgIpc) is 2.39. The second-order valence-electron chi connectivity index (χ2n) is 5.54. The largest absolute Gasteiger partial charge is 0.336 e. The van der Waals surface area contributed by atoms with E-state index in [0.29, 0.717) is 6.04 Å². The monoisotopic (exact) mass is 287 g/mol. The molecule has 2 unspecified atom stereocenters. The number of likely N-dealkylation sites (N-methyl/N-ethyl adjacent to an activating group) is 1. The van der Waals surface area contributed by atoms with E-state index in [2.05, 4.69) is 38.2 Å². The molecule has 1 saturated heterocycles. The molecule has 1 fully saturated rings.